The lowest BCUT2D eigenvalue weighted by atomic mass is 10.1. The van der Waals surface area contributed by atoms with Gasteiger partial charge in [0, 0.05) is 16.6 Å². The first kappa shape index (κ1) is 23.1. The molecule has 0 aliphatic rings. The van der Waals surface area contributed by atoms with Gasteiger partial charge in [0.15, 0.2) is 6.10 Å². The van der Waals surface area contributed by atoms with Crippen LogP contribution in [-0.2, 0) is 14.3 Å². The Hall–Kier alpha value is -3.54. The lowest BCUT2D eigenvalue weighted by Crippen LogP contribution is -2.25. The zero-order valence-corrected chi connectivity index (χ0v) is 19.2. The first-order chi connectivity index (χ1) is 15.3. The number of carbonyl (C=O) groups excluding carboxylic acids is 2. The van der Waals surface area contributed by atoms with Crippen molar-refractivity contribution >= 4 is 22.8 Å². The second kappa shape index (κ2) is 9.73. The van der Waals surface area contributed by atoms with Crippen molar-refractivity contribution in [2.24, 2.45) is 0 Å². The third-order valence-electron chi connectivity index (χ3n) is 5.71. The zero-order valence-electron chi connectivity index (χ0n) is 19.2. The van der Waals surface area contributed by atoms with Gasteiger partial charge in [-0.3, -0.25) is 0 Å². The van der Waals surface area contributed by atoms with Crippen LogP contribution < -0.4 is 4.74 Å². The van der Waals surface area contributed by atoms with E-state index in [1.807, 2.05) is 36.4 Å². The largest absolute Gasteiger partial charge is 0.479 e. The predicted octanol–water partition coefficient (Wildman–Crippen LogP) is 5.15. The van der Waals surface area contributed by atoms with E-state index in [0.717, 1.165) is 27.7 Å². The van der Waals surface area contributed by atoms with Gasteiger partial charge in [-0.25, -0.2) is 9.59 Å². The lowest BCUT2D eigenvalue weighted by molar-refractivity contribution is -0.147. The van der Waals surface area contributed by atoms with Crippen LogP contribution in [0.4, 0.5) is 0 Å². The molecule has 0 aliphatic carbocycles. The molecule has 0 aliphatic heterocycles. The number of aromatic nitrogens is 1. The summed E-state index contributed by atoms with van der Waals surface area (Å²) in [5.41, 5.74) is 4.80. The van der Waals surface area contributed by atoms with E-state index in [9.17, 15) is 9.59 Å². The Morgan fingerprint density at radius 1 is 1.12 bits per heavy atom. The molecule has 6 nitrogen and oxygen atoms in total. The van der Waals surface area contributed by atoms with Gasteiger partial charge in [-0.15, -0.1) is 0 Å². The smallest absolute Gasteiger partial charge is 0.346 e. The molecule has 0 radical (unpaired) electrons. The maximum absolute atomic E-state index is 12.3. The fraction of sp³-hybridized carbons (Fsp3) is 0.308. The van der Waals surface area contributed by atoms with Crippen LogP contribution >= 0.6 is 0 Å². The summed E-state index contributed by atoms with van der Waals surface area (Å²) >= 11 is 0. The Morgan fingerprint density at radius 2 is 1.88 bits per heavy atom. The maximum atomic E-state index is 12.3. The van der Waals surface area contributed by atoms with Crippen molar-refractivity contribution in [3.05, 3.63) is 77.5 Å². The van der Waals surface area contributed by atoms with Crippen LogP contribution in [0.1, 0.15) is 47.1 Å². The minimum absolute atomic E-state index is 0.00162. The monoisotopic (exact) mass is 435 g/mol. The fourth-order valence-corrected chi connectivity index (χ4v) is 3.86. The molecule has 0 spiro atoms. The number of hydrogen-bond acceptors (Lipinski definition) is 5. The summed E-state index contributed by atoms with van der Waals surface area (Å²) in [6.45, 7) is 11.7. The molecule has 6 heteroatoms. The Balaban J connectivity index is 1.96. The van der Waals surface area contributed by atoms with Crippen LogP contribution in [0.2, 0.25) is 0 Å². The van der Waals surface area contributed by atoms with Crippen molar-refractivity contribution in [1.29, 1.82) is 0 Å². The minimum atomic E-state index is -0.693. The molecular weight excluding hydrogens is 406 g/mol. The van der Waals surface area contributed by atoms with E-state index < -0.39 is 12.1 Å². The highest BCUT2D eigenvalue weighted by Gasteiger charge is 2.20. The number of aryl methyl sites for hydroxylation is 1. The molecule has 0 bridgehead atoms. The van der Waals surface area contributed by atoms with Gasteiger partial charge in [0.05, 0.1) is 18.7 Å². The number of carbonyl (C=O) groups is 2. The van der Waals surface area contributed by atoms with Gasteiger partial charge in [0.1, 0.15) is 12.4 Å². The molecule has 168 valence electrons. The van der Waals surface area contributed by atoms with Crippen LogP contribution in [-0.4, -0.2) is 36.3 Å². The lowest BCUT2D eigenvalue weighted by Gasteiger charge is -2.20. The first-order valence-corrected chi connectivity index (χ1v) is 10.5. The molecule has 2 atom stereocenters. The van der Waals surface area contributed by atoms with Crippen molar-refractivity contribution in [2.45, 2.75) is 39.8 Å². The molecule has 0 amide bonds. The third-order valence-corrected chi connectivity index (χ3v) is 5.71. The highest BCUT2D eigenvalue weighted by molar-refractivity contribution is 5.96. The molecule has 0 N–H and O–H groups in total. The second-order valence-corrected chi connectivity index (χ2v) is 7.73. The number of hydrogen-bond donors (Lipinski definition) is 0. The second-order valence-electron chi connectivity index (χ2n) is 7.73. The standard InChI is InChI=1S/C26H29NO5/c1-7-13-31-26(29)21-11-12-24-23(15-21)16(2)17(3)27(24)18(4)20-9-8-10-22(14-20)32-19(5)25(28)30-6/h7-12,14-15,18-19H,1,13H2,2-6H3/t18-,19-/m0/s1. The normalized spacial score (nSPS) is 12.8. The van der Waals surface area contributed by atoms with Gasteiger partial charge < -0.3 is 18.8 Å². The van der Waals surface area contributed by atoms with Gasteiger partial charge in [-0.2, -0.15) is 0 Å². The molecule has 1 heterocycles. The Morgan fingerprint density at radius 3 is 2.56 bits per heavy atom. The molecule has 0 unspecified atom stereocenters. The van der Waals surface area contributed by atoms with Crippen molar-refractivity contribution in [3.8, 4) is 5.75 Å². The maximum Gasteiger partial charge on any atom is 0.346 e. The summed E-state index contributed by atoms with van der Waals surface area (Å²) in [6, 6.07) is 13.3. The van der Waals surface area contributed by atoms with Gasteiger partial charge >= 0.3 is 11.9 Å². The number of benzene rings is 2. The molecule has 3 rings (SSSR count). The molecule has 0 saturated heterocycles. The van der Waals surface area contributed by atoms with Crippen molar-refractivity contribution in [2.75, 3.05) is 13.7 Å². The summed E-state index contributed by atoms with van der Waals surface area (Å²) in [5, 5.41) is 1.01. The quantitative estimate of drug-likeness (QED) is 0.362. The van der Waals surface area contributed by atoms with Crippen LogP contribution in [0.15, 0.2) is 55.1 Å². The Labute approximate surface area is 188 Å². The van der Waals surface area contributed by atoms with E-state index >= 15 is 0 Å². The number of rotatable bonds is 8. The predicted molar refractivity (Wildman–Crippen MR) is 124 cm³/mol. The topological polar surface area (TPSA) is 66.8 Å². The van der Waals surface area contributed by atoms with E-state index in [1.165, 1.54) is 7.11 Å². The van der Waals surface area contributed by atoms with Crippen molar-refractivity contribution < 1.29 is 23.8 Å². The number of ether oxygens (including phenoxy) is 3. The summed E-state index contributed by atoms with van der Waals surface area (Å²) in [7, 11) is 1.34. The molecule has 3 aromatic rings. The number of nitrogens with zero attached hydrogens (tertiary/aromatic N) is 1. The third kappa shape index (κ3) is 4.54. The summed E-state index contributed by atoms with van der Waals surface area (Å²) in [4.78, 5) is 24.0. The molecular formula is C26H29NO5. The SMILES string of the molecule is C=CCOC(=O)c1ccc2c(c1)c(C)c(C)n2[C@@H](C)c1cccc(O[C@@H](C)C(=O)OC)c1. The van der Waals surface area contributed by atoms with E-state index in [-0.39, 0.29) is 18.6 Å². The average molecular weight is 436 g/mol. The summed E-state index contributed by atoms with van der Waals surface area (Å²) in [6.07, 6.45) is 0.856. The van der Waals surface area contributed by atoms with E-state index in [1.54, 1.807) is 19.1 Å². The molecule has 1 aromatic heterocycles. The van der Waals surface area contributed by atoms with Gasteiger partial charge in [0.2, 0.25) is 0 Å². The van der Waals surface area contributed by atoms with E-state index in [4.69, 9.17) is 14.2 Å². The molecule has 2 aromatic carbocycles. The zero-order chi connectivity index (χ0) is 23.4. The molecule has 0 saturated carbocycles. The minimum Gasteiger partial charge on any atom is -0.479 e. The fourth-order valence-electron chi connectivity index (χ4n) is 3.86. The van der Waals surface area contributed by atoms with Crippen molar-refractivity contribution in [1.82, 2.24) is 4.57 Å². The van der Waals surface area contributed by atoms with Crippen LogP contribution in [0.5, 0.6) is 5.75 Å². The van der Waals surface area contributed by atoms with Crippen LogP contribution in [0, 0.1) is 13.8 Å². The van der Waals surface area contributed by atoms with Gasteiger partial charge in [-0.05, 0) is 69.2 Å². The van der Waals surface area contributed by atoms with E-state index in [0.29, 0.717) is 11.3 Å². The number of esters is 2. The van der Waals surface area contributed by atoms with Gasteiger partial charge in [0.25, 0.3) is 0 Å². The number of methoxy groups -OCH3 is 1. The average Bonchev–Trinajstić information content (AvgIpc) is 3.05. The molecule has 0 fully saturated rings. The summed E-state index contributed by atoms with van der Waals surface area (Å²) in [5.74, 6) is -0.187. The summed E-state index contributed by atoms with van der Waals surface area (Å²) < 4.78 is 17.9. The number of fused-ring (bicyclic) bond motifs is 1. The van der Waals surface area contributed by atoms with Crippen LogP contribution in [0.25, 0.3) is 10.9 Å². The Kier molecular flexibility index (Phi) is 7.03. The Bertz CT molecular complexity index is 1160. The van der Waals surface area contributed by atoms with E-state index in [2.05, 4.69) is 31.9 Å². The molecule has 32 heavy (non-hydrogen) atoms. The van der Waals surface area contributed by atoms with Crippen molar-refractivity contribution in [3.63, 3.8) is 0 Å². The first-order valence-electron chi connectivity index (χ1n) is 10.5. The highest BCUT2D eigenvalue weighted by Crippen LogP contribution is 2.33. The van der Waals surface area contributed by atoms with Crippen LogP contribution in [0.3, 0.4) is 0 Å². The highest BCUT2D eigenvalue weighted by atomic mass is 16.6. The van der Waals surface area contributed by atoms with Gasteiger partial charge in [-0.1, -0.05) is 24.8 Å².